The summed E-state index contributed by atoms with van der Waals surface area (Å²) in [4.78, 5) is 15.9. The molecule has 1 aliphatic heterocycles. The van der Waals surface area contributed by atoms with Gasteiger partial charge >= 0.3 is 6.03 Å². The molecule has 2 aromatic rings. The number of ether oxygens (including phenoxy) is 1. The zero-order valence-electron chi connectivity index (χ0n) is 11.8. The van der Waals surface area contributed by atoms with E-state index in [0.717, 1.165) is 30.5 Å². The highest BCUT2D eigenvalue weighted by Gasteiger charge is 2.17. The number of carbonyl (C=O) groups is 1. The van der Waals surface area contributed by atoms with Crippen molar-refractivity contribution in [2.45, 2.75) is 18.9 Å². The molecule has 116 valence electrons. The van der Waals surface area contributed by atoms with Crippen molar-refractivity contribution in [2.24, 2.45) is 0 Å². The second-order valence-corrected chi connectivity index (χ2v) is 5.81. The number of carbonyl (C=O) groups excluding carboxylic acids is 1. The molecule has 0 saturated carbocycles. The van der Waals surface area contributed by atoms with Crippen molar-refractivity contribution in [3.05, 3.63) is 35.2 Å². The zero-order valence-corrected chi connectivity index (χ0v) is 13.4. The van der Waals surface area contributed by atoms with E-state index in [1.807, 2.05) is 10.9 Å². The lowest BCUT2D eigenvalue weighted by molar-refractivity contribution is 0.0663. The molecular formula is C14H16BrN5O2. The maximum Gasteiger partial charge on any atom is 0.324 e. The van der Waals surface area contributed by atoms with E-state index < -0.39 is 0 Å². The highest BCUT2D eigenvalue weighted by atomic mass is 79.9. The lowest BCUT2D eigenvalue weighted by Crippen LogP contribution is -2.22. The van der Waals surface area contributed by atoms with Gasteiger partial charge in [0.25, 0.3) is 0 Å². The number of nitrogens with one attached hydrogen (secondary N) is 2. The fraction of sp³-hybridized carbons (Fsp3) is 0.357. The summed E-state index contributed by atoms with van der Waals surface area (Å²) < 4.78 is 7.95. The van der Waals surface area contributed by atoms with Gasteiger partial charge in [-0.1, -0.05) is 0 Å². The summed E-state index contributed by atoms with van der Waals surface area (Å²) in [5.41, 5.74) is 0.649. The summed E-state index contributed by atoms with van der Waals surface area (Å²) >= 11 is 3.33. The van der Waals surface area contributed by atoms with Crippen LogP contribution in [0.3, 0.4) is 0 Å². The Morgan fingerprint density at radius 3 is 2.91 bits per heavy atom. The number of rotatable bonds is 3. The number of amides is 2. The maximum absolute atomic E-state index is 12.0. The molecule has 22 heavy (non-hydrogen) atoms. The molecule has 2 aromatic heterocycles. The minimum Gasteiger partial charge on any atom is -0.381 e. The standard InChI is InChI=1S/C14H16BrN5O2/c15-11-9-16-5-1-12(11)17-14(21)18-13-2-6-20(19-13)10-3-7-22-8-4-10/h1-2,5-6,9-10H,3-4,7-8H2,(H2,16,17,18,19,21). The predicted molar refractivity (Wildman–Crippen MR) is 85.9 cm³/mol. The average Bonchev–Trinajstić information content (AvgIpc) is 2.99. The van der Waals surface area contributed by atoms with Gasteiger partial charge in [0.1, 0.15) is 0 Å². The van der Waals surface area contributed by atoms with Gasteiger partial charge in [-0.25, -0.2) is 4.79 Å². The summed E-state index contributed by atoms with van der Waals surface area (Å²) in [6, 6.07) is 3.49. The Morgan fingerprint density at radius 1 is 1.32 bits per heavy atom. The van der Waals surface area contributed by atoms with E-state index >= 15 is 0 Å². The van der Waals surface area contributed by atoms with Gasteiger partial charge < -0.3 is 10.1 Å². The van der Waals surface area contributed by atoms with Gasteiger partial charge in [0, 0.05) is 37.9 Å². The van der Waals surface area contributed by atoms with Gasteiger partial charge in [0.15, 0.2) is 5.82 Å². The molecular weight excluding hydrogens is 350 g/mol. The molecule has 1 fully saturated rings. The third-order valence-corrected chi connectivity index (χ3v) is 4.07. The molecule has 0 radical (unpaired) electrons. The Labute approximate surface area is 136 Å². The zero-order chi connectivity index (χ0) is 15.4. The molecule has 3 rings (SSSR count). The Hall–Kier alpha value is -1.93. The van der Waals surface area contributed by atoms with Gasteiger partial charge in [-0.05, 0) is 34.8 Å². The number of hydrogen-bond acceptors (Lipinski definition) is 4. The predicted octanol–water partition coefficient (Wildman–Crippen LogP) is 3.04. The van der Waals surface area contributed by atoms with Crippen LogP contribution in [-0.2, 0) is 4.74 Å². The van der Waals surface area contributed by atoms with Crippen molar-refractivity contribution in [2.75, 3.05) is 23.8 Å². The number of halogens is 1. The van der Waals surface area contributed by atoms with E-state index in [0.29, 0.717) is 17.5 Å². The first-order valence-electron chi connectivity index (χ1n) is 7.03. The molecule has 2 amide bonds. The smallest absolute Gasteiger partial charge is 0.324 e. The van der Waals surface area contributed by atoms with E-state index in [-0.39, 0.29) is 6.03 Å². The average molecular weight is 366 g/mol. The second-order valence-electron chi connectivity index (χ2n) is 4.96. The van der Waals surface area contributed by atoms with Crippen LogP contribution in [0.2, 0.25) is 0 Å². The molecule has 0 spiro atoms. The number of urea groups is 1. The molecule has 7 nitrogen and oxygen atoms in total. The minimum absolute atomic E-state index is 0.335. The minimum atomic E-state index is -0.343. The van der Waals surface area contributed by atoms with Crippen LogP contribution in [0.25, 0.3) is 0 Å². The first-order valence-corrected chi connectivity index (χ1v) is 7.82. The molecule has 0 atom stereocenters. The summed E-state index contributed by atoms with van der Waals surface area (Å²) in [5.74, 6) is 0.522. The van der Waals surface area contributed by atoms with Crippen molar-refractivity contribution in [1.82, 2.24) is 14.8 Å². The van der Waals surface area contributed by atoms with Crippen LogP contribution in [-0.4, -0.2) is 34.0 Å². The summed E-state index contributed by atoms with van der Waals surface area (Å²) in [6.07, 6.45) is 7.00. The van der Waals surface area contributed by atoms with Crippen molar-refractivity contribution >= 4 is 33.5 Å². The van der Waals surface area contributed by atoms with Gasteiger partial charge in [-0.3, -0.25) is 15.0 Å². The molecule has 3 heterocycles. The topological polar surface area (TPSA) is 81.1 Å². The van der Waals surface area contributed by atoms with Crippen LogP contribution in [0.15, 0.2) is 35.2 Å². The SMILES string of the molecule is O=C(Nc1ccn(C2CCOCC2)n1)Nc1ccncc1Br. The molecule has 1 aliphatic rings. The van der Waals surface area contributed by atoms with Crippen LogP contribution in [0.1, 0.15) is 18.9 Å². The van der Waals surface area contributed by atoms with Gasteiger partial charge in [-0.15, -0.1) is 0 Å². The largest absolute Gasteiger partial charge is 0.381 e. The fourth-order valence-electron chi connectivity index (χ4n) is 2.30. The van der Waals surface area contributed by atoms with Crippen LogP contribution in [0.4, 0.5) is 16.3 Å². The number of hydrogen-bond donors (Lipinski definition) is 2. The third kappa shape index (κ3) is 3.63. The first kappa shape index (κ1) is 15.0. The Kier molecular flexibility index (Phi) is 4.69. The van der Waals surface area contributed by atoms with E-state index in [1.165, 1.54) is 0 Å². The van der Waals surface area contributed by atoms with Crippen LogP contribution in [0.5, 0.6) is 0 Å². The quantitative estimate of drug-likeness (QED) is 0.875. The second kappa shape index (κ2) is 6.89. The van der Waals surface area contributed by atoms with Crippen molar-refractivity contribution < 1.29 is 9.53 Å². The molecule has 8 heteroatoms. The Balaban J connectivity index is 1.60. The third-order valence-electron chi connectivity index (χ3n) is 3.44. The molecule has 0 bridgehead atoms. The summed E-state index contributed by atoms with van der Waals surface area (Å²) in [6.45, 7) is 1.51. The Bertz CT molecular complexity index is 654. The molecule has 0 aliphatic carbocycles. The lowest BCUT2D eigenvalue weighted by atomic mass is 10.1. The lowest BCUT2D eigenvalue weighted by Gasteiger charge is -2.22. The number of anilines is 2. The monoisotopic (exact) mass is 365 g/mol. The van der Waals surface area contributed by atoms with E-state index in [4.69, 9.17) is 4.74 Å². The first-order chi connectivity index (χ1) is 10.7. The van der Waals surface area contributed by atoms with Crippen LogP contribution in [0, 0.1) is 0 Å². The summed E-state index contributed by atoms with van der Waals surface area (Å²) in [5, 5.41) is 9.87. The highest BCUT2D eigenvalue weighted by molar-refractivity contribution is 9.10. The fourth-order valence-corrected chi connectivity index (χ4v) is 2.65. The normalized spacial score (nSPS) is 15.5. The number of nitrogens with zero attached hydrogens (tertiary/aromatic N) is 3. The van der Waals surface area contributed by atoms with E-state index in [2.05, 4.69) is 36.6 Å². The molecule has 0 aromatic carbocycles. The molecule has 1 saturated heterocycles. The summed E-state index contributed by atoms with van der Waals surface area (Å²) in [7, 11) is 0. The van der Waals surface area contributed by atoms with Crippen LogP contribution < -0.4 is 10.6 Å². The van der Waals surface area contributed by atoms with Crippen molar-refractivity contribution in [1.29, 1.82) is 0 Å². The Morgan fingerprint density at radius 2 is 2.14 bits per heavy atom. The van der Waals surface area contributed by atoms with E-state index in [1.54, 1.807) is 24.5 Å². The molecule has 0 unspecified atom stereocenters. The van der Waals surface area contributed by atoms with Crippen LogP contribution >= 0.6 is 15.9 Å². The highest BCUT2D eigenvalue weighted by Crippen LogP contribution is 2.22. The van der Waals surface area contributed by atoms with Gasteiger partial charge in [-0.2, -0.15) is 5.10 Å². The van der Waals surface area contributed by atoms with Gasteiger partial charge in [0.05, 0.1) is 16.2 Å². The molecule has 2 N–H and O–H groups in total. The number of aromatic nitrogens is 3. The maximum atomic E-state index is 12.0. The van der Waals surface area contributed by atoms with Gasteiger partial charge in [0.2, 0.25) is 0 Å². The van der Waals surface area contributed by atoms with Crippen molar-refractivity contribution in [3.8, 4) is 0 Å². The van der Waals surface area contributed by atoms with E-state index in [9.17, 15) is 4.79 Å². The number of pyridine rings is 1. The van der Waals surface area contributed by atoms with Crippen molar-refractivity contribution in [3.63, 3.8) is 0 Å².